The highest BCUT2D eigenvalue weighted by Gasteiger charge is 2.68. The van der Waals surface area contributed by atoms with Gasteiger partial charge >= 0.3 is 0 Å². The molecule has 0 saturated heterocycles. The average molecular weight is 191 g/mol. The largest absolute Gasteiger partial charge is 0.399 e. The summed E-state index contributed by atoms with van der Waals surface area (Å²) in [7, 11) is 1.69. The number of nitrogens with zero attached hydrogens (tertiary/aromatic N) is 1. The summed E-state index contributed by atoms with van der Waals surface area (Å²) >= 11 is 0. The Morgan fingerprint density at radius 1 is 1.14 bits per heavy atom. The predicted octanol–water partition coefficient (Wildman–Crippen LogP) is 2.44. The van der Waals surface area contributed by atoms with Crippen molar-refractivity contribution in [1.82, 2.24) is 0 Å². The molecule has 4 aliphatic carbocycles. The molecule has 4 unspecified atom stereocenters. The highest BCUT2D eigenvalue weighted by atomic mass is 16.6. The Kier molecular flexibility index (Phi) is 1.20. The second-order valence-corrected chi connectivity index (χ2v) is 5.83. The monoisotopic (exact) mass is 191 g/mol. The summed E-state index contributed by atoms with van der Waals surface area (Å²) in [5, 5.41) is 4.31. The van der Waals surface area contributed by atoms with E-state index in [0.29, 0.717) is 0 Å². The predicted molar refractivity (Wildman–Crippen MR) is 53.9 cm³/mol. The Balaban J connectivity index is 1.79. The highest BCUT2D eigenvalue weighted by Crippen LogP contribution is 2.74. The van der Waals surface area contributed by atoms with Gasteiger partial charge in [-0.3, -0.25) is 0 Å². The summed E-state index contributed by atoms with van der Waals surface area (Å²) in [6.45, 7) is 0. The van der Waals surface area contributed by atoms with E-state index in [0.717, 1.165) is 29.1 Å². The number of oxime groups is 1. The molecule has 3 bridgehead atoms. The quantitative estimate of drug-likeness (QED) is 0.583. The fourth-order valence-electron chi connectivity index (χ4n) is 5.21. The average Bonchev–Trinajstić information content (AvgIpc) is 2.55. The van der Waals surface area contributed by atoms with E-state index in [1.54, 1.807) is 7.11 Å². The van der Waals surface area contributed by atoms with Crippen LogP contribution in [0.15, 0.2) is 5.16 Å². The number of fused-ring (bicyclic) bond motifs is 2. The summed E-state index contributed by atoms with van der Waals surface area (Å²) in [4.78, 5) is 5.02. The van der Waals surface area contributed by atoms with Crippen molar-refractivity contribution in [2.45, 2.75) is 32.1 Å². The minimum atomic E-state index is 0.797. The summed E-state index contributed by atoms with van der Waals surface area (Å²) in [5.74, 6) is 3.72. The molecule has 4 atom stereocenters. The van der Waals surface area contributed by atoms with Gasteiger partial charge in [0.05, 0.1) is 5.71 Å². The van der Waals surface area contributed by atoms with Gasteiger partial charge in [-0.15, -0.1) is 0 Å². The van der Waals surface area contributed by atoms with Crippen LogP contribution in [0.3, 0.4) is 0 Å². The number of hydrogen-bond acceptors (Lipinski definition) is 2. The second kappa shape index (κ2) is 2.17. The van der Waals surface area contributed by atoms with Crippen molar-refractivity contribution in [3.05, 3.63) is 0 Å². The lowest BCUT2D eigenvalue weighted by atomic mass is 9.56. The maximum absolute atomic E-state index is 5.02. The van der Waals surface area contributed by atoms with E-state index in [-0.39, 0.29) is 0 Å². The van der Waals surface area contributed by atoms with Gasteiger partial charge in [0, 0.05) is 11.8 Å². The third-order valence-electron chi connectivity index (χ3n) is 5.62. The van der Waals surface area contributed by atoms with Gasteiger partial charge in [-0.1, -0.05) is 5.16 Å². The molecular formula is C12H17NO. The van der Waals surface area contributed by atoms with Gasteiger partial charge in [0.15, 0.2) is 0 Å². The third kappa shape index (κ3) is 0.636. The molecule has 1 spiro atoms. The first-order valence-corrected chi connectivity index (χ1v) is 5.94. The highest BCUT2D eigenvalue weighted by molar-refractivity contribution is 5.91. The summed E-state index contributed by atoms with van der Waals surface area (Å²) in [6.07, 6.45) is 7.28. The van der Waals surface area contributed by atoms with E-state index in [4.69, 9.17) is 4.84 Å². The van der Waals surface area contributed by atoms with E-state index in [9.17, 15) is 0 Å². The first-order valence-electron chi connectivity index (χ1n) is 5.94. The molecule has 0 N–H and O–H groups in total. The lowest BCUT2D eigenvalue weighted by Gasteiger charge is -2.49. The molecule has 0 aliphatic heterocycles. The Bertz CT molecular complexity index is 296. The first-order chi connectivity index (χ1) is 6.83. The molecule has 76 valence electrons. The number of rotatable bonds is 1. The maximum Gasteiger partial charge on any atom is 0.106 e. The second-order valence-electron chi connectivity index (χ2n) is 5.83. The molecule has 2 heteroatoms. The fourth-order valence-corrected chi connectivity index (χ4v) is 5.21. The zero-order valence-electron chi connectivity index (χ0n) is 8.70. The van der Waals surface area contributed by atoms with Crippen LogP contribution in [0.2, 0.25) is 0 Å². The lowest BCUT2D eigenvalue weighted by molar-refractivity contribution is 0.00239. The van der Waals surface area contributed by atoms with Crippen molar-refractivity contribution in [2.75, 3.05) is 7.11 Å². The van der Waals surface area contributed by atoms with Crippen molar-refractivity contribution in [3.63, 3.8) is 0 Å². The molecule has 0 amide bonds. The van der Waals surface area contributed by atoms with Crippen LogP contribution < -0.4 is 0 Å². The van der Waals surface area contributed by atoms with Gasteiger partial charge in [0.2, 0.25) is 0 Å². The van der Waals surface area contributed by atoms with Gasteiger partial charge in [-0.05, 0) is 49.4 Å². The van der Waals surface area contributed by atoms with Crippen LogP contribution in [0.25, 0.3) is 0 Å². The lowest BCUT2D eigenvalue weighted by Crippen LogP contribution is -2.41. The van der Waals surface area contributed by atoms with E-state index < -0.39 is 0 Å². The first kappa shape index (κ1) is 7.72. The van der Waals surface area contributed by atoms with Gasteiger partial charge in [0.25, 0.3) is 0 Å². The van der Waals surface area contributed by atoms with E-state index in [2.05, 4.69) is 5.16 Å². The zero-order chi connectivity index (χ0) is 9.34. The van der Waals surface area contributed by atoms with Crippen molar-refractivity contribution in [1.29, 1.82) is 0 Å². The molecule has 4 aliphatic rings. The maximum atomic E-state index is 5.02. The minimum Gasteiger partial charge on any atom is -0.399 e. The van der Waals surface area contributed by atoms with Gasteiger partial charge in [-0.25, -0.2) is 0 Å². The molecule has 0 aromatic heterocycles. The normalized spacial score (nSPS) is 57.1. The Hall–Kier alpha value is -0.530. The Morgan fingerprint density at radius 3 is 2.36 bits per heavy atom. The standard InChI is InChI=1S/C12H17NO/c1-14-13-11-7-2-9-4-10-3-8(11)6-12(9,10)5-7/h7-10H,2-6H2,1H3. The SMILES string of the molecule is CON=C1C2CC3CC4CC1CC34C2. The van der Waals surface area contributed by atoms with Crippen molar-refractivity contribution >= 4 is 5.71 Å². The zero-order valence-corrected chi connectivity index (χ0v) is 8.70. The summed E-state index contributed by atoms with van der Waals surface area (Å²) < 4.78 is 0. The van der Waals surface area contributed by atoms with Crippen LogP contribution in [0.5, 0.6) is 0 Å². The van der Waals surface area contributed by atoms with Gasteiger partial charge in [-0.2, -0.15) is 0 Å². The number of hydrogen-bond donors (Lipinski definition) is 0. The van der Waals surface area contributed by atoms with E-state index in [1.807, 2.05) is 0 Å². The molecule has 14 heavy (non-hydrogen) atoms. The molecule has 4 fully saturated rings. The van der Waals surface area contributed by atoms with Gasteiger partial charge in [0.1, 0.15) is 7.11 Å². The van der Waals surface area contributed by atoms with Crippen molar-refractivity contribution in [3.8, 4) is 0 Å². The van der Waals surface area contributed by atoms with Crippen LogP contribution in [-0.2, 0) is 4.84 Å². The van der Waals surface area contributed by atoms with Crippen LogP contribution in [-0.4, -0.2) is 12.8 Å². The minimum absolute atomic E-state index is 0.797. The molecule has 2 nitrogen and oxygen atoms in total. The van der Waals surface area contributed by atoms with Crippen LogP contribution in [0, 0.1) is 29.1 Å². The Labute approximate surface area is 84.7 Å². The van der Waals surface area contributed by atoms with E-state index in [1.165, 1.54) is 37.8 Å². The molecule has 0 aromatic rings. The van der Waals surface area contributed by atoms with Crippen LogP contribution in [0.1, 0.15) is 32.1 Å². The Morgan fingerprint density at radius 2 is 1.79 bits per heavy atom. The van der Waals surface area contributed by atoms with Gasteiger partial charge < -0.3 is 4.84 Å². The van der Waals surface area contributed by atoms with Crippen molar-refractivity contribution < 1.29 is 4.84 Å². The van der Waals surface area contributed by atoms with Crippen molar-refractivity contribution in [2.24, 2.45) is 34.2 Å². The smallest absolute Gasteiger partial charge is 0.106 e. The molecule has 4 saturated carbocycles. The molecule has 0 radical (unpaired) electrons. The molecule has 4 rings (SSSR count). The fraction of sp³-hybridized carbons (Fsp3) is 0.917. The van der Waals surface area contributed by atoms with Crippen LogP contribution >= 0.6 is 0 Å². The molecule has 0 heterocycles. The summed E-state index contributed by atoms with van der Waals surface area (Å²) in [6, 6.07) is 0. The van der Waals surface area contributed by atoms with Crippen LogP contribution in [0.4, 0.5) is 0 Å². The molecular weight excluding hydrogens is 174 g/mol. The topological polar surface area (TPSA) is 21.6 Å². The summed E-state index contributed by atoms with van der Waals surface area (Å²) in [5.41, 5.74) is 2.23. The van der Waals surface area contributed by atoms with E-state index >= 15 is 0 Å². The molecule has 0 aromatic carbocycles. The third-order valence-corrected chi connectivity index (χ3v) is 5.62.